The SMILES string of the molecule is Cc1ccc(S(=O)(=O)N(CC(=O)N2CCC(C(N)=O)CC2)c2ccc(F)cc2)cc1. The average molecular weight is 434 g/mol. The number of aryl methyl sites for hydroxylation is 1. The molecule has 0 aliphatic carbocycles. The standard InChI is InChI=1S/C21H24FN3O4S/c1-15-2-8-19(9-3-15)30(28,29)25(18-6-4-17(22)5-7-18)14-20(26)24-12-10-16(11-13-24)21(23)27/h2-9,16H,10-14H2,1H3,(H2,23,27). The summed E-state index contributed by atoms with van der Waals surface area (Å²) >= 11 is 0. The maximum atomic E-state index is 13.4. The van der Waals surface area contributed by atoms with Gasteiger partial charge < -0.3 is 10.6 Å². The van der Waals surface area contributed by atoms with Gasteiger partial charge in [0.25, 0.3) is 10.0 Å². The molecule has 2 aromatic carbocycles. The Morgan fingerprint density at radius 3 is 2.17 bits per heavy atom. The van der Waals surface area contributed by atoms with Gasteiger partial charge in [0.1, 0.15) is 12.4 Å². The van der Waals surface area contributed by atoms with E-state index in [1.54, 1.807) is 12.1 Å². The van der Waals surface area contributed by atoms with Gasteiger partial charge in [-0.15, -0.1) is 0 Å². The molecule has 0 atom stereocenters. The summed E-state index contributed by atoms with van der Waals surface area (Å²) in [7, 11) is -4.05. The van der Waals surface area contributed by atoms with Crippen molar-refractivity contribution in [2.24, 2.45) is 11.7 Å². The van der Waals surface area contributed by atoms with Crippen LogP contribution in [0.4, 0.5) is 10.1 Å². The fraction of sp³-hybridized carbons (Fsp3) is 0.333. The topological polar surface area (TPSA) is 101 Å². The van der Waals surface area contributed by atoms with Crippen LogP contribution in [-0.2, 0) is 19.6 Å². The van der Waals surface area contributed by atoms with E-state index < -0.39 is 34.2 Å². The van der Waals surface area contributed by atoms with Crippen LogP contribution in [0, 0.1) is 18.7 Å². The summed E-state index contributed by atoms with van der Waals surface area (Å²) in [4.78, 5) is 25.8. The number of hydrogen-bond acceptors (Lipinski definition) is 4. The van der Waals surface area contributed by atoms with Crippen LogP contribution in [0.1, 0.15) is 18.4 Å². The van der Waals surface area contributed by atoms with Crippen molar-refractivity contribution in [3.8, 4) is 0 Å². The van der Waals surface area contributed by atoms with Crippen LogP contribution >= 0.6 is 0 Å². The predicted octanol–water partition coefficient (Wildman–Crippen LogP) is 2.05. The van der Waals surface area contributed by atoms with E-state index in [9.17, 15) is 22.4 Å². The largest absolute Gasteiger partial charge is 0.369 e. The minimum atomic E-state index is -4.05. The second-order valence-electron chi connectivity index (χ2n) is 7.36. The molecule has 2 aromatic rings. The highest BCUT2D eigenvalue weighted by atomic mass is 32.2. The molecule has 160 valence electrons. The Kier molecular flexibility index (Phi) is 6.40. The Labute approximate surface area is 175 Å². The monoisotopic (exact) mass is 433 g/mol. The molecule has 0 radical (unpaired) electrons. The smallest absolute Gasteiger partial charge is 0.264 e. The Hall–Kier alpha value is -2.94. The van der Waals surface area contributed by atoms with Crippen molar-refractivity contribution in [3.63, 3.8) is 0 Å². The van der Waals surface area contributed by atoms with Gasteiger partial charge in [-0.2, -0.15) is 0 Å². The molecule has 1 saturated heterocycles. The molecule has 1 aliphatic heterocycles. The lowest BCUT2D eigenvalue weighted by atomic mass is 9.96. The number of amides is 2. The third-order valence-electron chi connectivity index (χ3n) is 5.25. The van der Waals surface area contributed by atoms with Crippen LogP contribution in [0.25, 0.3) is 0 Å². The molecule has 1 aliphatic rings. The lowest BCUT2D eigenvalue weighted by molar-refractivity contribution is -0.133. The number of halogens is 1. The minimum Gasteiger partial charge on any atom is -0.369 e. The number of piperidine rings is 1. The molecular weight excluding hydrogens is 409 g/mol. The molecule has 0 aromatic heterocycles. The lowest BCUT2D eigenvalue weighted by Gasteiger charge is -2.33. The van der Waals surface area contributed by atoms with E-state index in [4.69, 9.17) is 5.73 Å². The number of carbonyl (C=O) groups excluding carboxylic acids is 2. The predicted molar refractivity (Wildman–Crippen MR) is 111 cm³/mol. The van der Waals surface area contributed by atoms with Crippen LogP contribution < -0.4 is 10.0 Å². The molecule has 2 amide bonds. The molecule has 0 spiro atoms. The summed E-state index contributed by atoms with van der Waals surface area (Å²) in [5.41, 5.74) is 6.42. The van der Waals surface area contributed by atoms with E-state index >= 15 is 0 Å². The number of anilines is 1. The Balaban J connectivity index is 1.87. The molecule has 0 bridgehead atoms. The number of carbonyl (C=O) groups is 2. The normalized spacial score (nSPS) is 15.1. The summed E-state index contributed by atoms with van der Waals surface area (Å²) in [5, 5.41) is 0. The van der Waals surface area contributed by atoms with Gasteiger partial charge in [0.2, 0.25) is 11.8 Å². The zero-order chi connectivity index (χ0) is 21.9. The molecular formula is C21H24FN3O4S. The minimum absolute atomic E-state index is 0.0395. The van der Waals surface area contributed by atoms with E-state index in [1.807, 2.05) is 6.92 Å². The number of rotatable bonds is 6. The summed E-state index contributed by atoms with van der Waals surface area (Å²) in [6.45, 7) is 2.07. The third kappa shape index (κ3) is 4.79. The fourth-order valence-corrected chi connectivity index (χ4v) is 4.81. The van der Waals surface area contributed by atoms with Gasteiger partial charge in [0.15, 0.2) is 0 Å². The van der Waals surface area contributed by atoms with Gasteiger partial charge in [0, 0.05) is 19.0 Å². The van der Waals surface area contributed by atoms with E-state index in [-0.39, 0.29) is 16.5 Å². The van der Waals surface area contributed by atoms with Gasteiger partial charge in [-0.3, -0.25) is 13.9 Å². The van der Waals surface area contributed by atoms with Crippen molar-refractivity contribution < 1.29 is 22.4 Å². The van der Waals surface area contributed by atoms with E-state index in [1.165, 1.54) is 29.2 Å². The number of sulfonamides is 1. The lowest BCUT2D eigenvalue weighted by Crippen LogP contribution is -2.47. The summed E-state index contributed by atoms with van der Waals surface area (Å²) in [5.74, 6) is -1.57. The number of nitrogens with zero attached hydrogens (tertiary/aromatic N) is 2. The molecule has 1 fully saturated rings. The molecule has 9 heteroatoms. The first-order valence-electron chi connectivity index (χ1n) is 9.60. The summed E-state index contributed by atoms with van der Waals surface area (Å²) in [6.07, 6.45) is 0.894. The maximum Gasteiger partial charge on any atom is 0.264 e. The van der Waals surface area contributed by atoms with Crippen molar-refractivity contribution in [3.05, 3.63) is 59.9 Å². The quantitative estimate of drug-likeness (QED) is 0.753. The second-order valence-corrected chi connectivity index (χ2v) is 9.22. The third-order valence-corrected chi connectivity index (χ3v) is 7.04. The first-order chi connectivity index (χ1) is 14.2. The number of likely N-dealkylation sites (tertiary alicyclic amines) is 1. The van der Waals surface area contributed by atoms with Crippen LogP contribution in [0.2, 0.25) is 0 Å². The Bertz CT molecular complexity index is 1020. The highest BCUT2D eigenvalue weighted by molar-refractivity contribution is 7.92. The van der Waals surface area contributed by atoms with E-state index in [0.717, 1.165) is 22.0 Å². The number of primary amides is 1. The van der Waals surface area contributed by atoms with Crippen LogP contribution in [0.5, 0.6) is 0 Å². The van der Waals surface area contributed by atoms with Crippen LogP contribution in [0.15, 0.2) is 53.4 Å². The second kappa shape index (κ2) is 8.83. The van der Waals surface area contributed by atoms with Gasteiger partial charge >= 0.3 is 0 Å². The number of benzene rings is 2. The zero-order valence-electron chi connectivity index (χ0n) is 16.6. The fourth-order valence-electron chi connectivity index (χ4n) is 3.40. The molecule has 3 rings (SSSR count). The molecule has 0 saturated carbocycles. The first kappa shape index (κ1) is 21.8. The van der Waals surface area contributed by atoms with E-state index in [0.29, 0.717) is 25.9 Å². The molecule has 7 nitrogen and oxygen atoms in total. The zero-order valence-corrected chi connectivity index (χ0v) is 17.4. The van der Waals surface area contributed by atoms with Crippen molar-refractivity contribution >= 4 is 27.5 Å². The number of nitrogens with two attached hydrogens (primary N) is 1. The first-order valence-corrected chi connectivity index (χ1v) is 11.0. The van der Waals surface area contributed by atoms with Crippen molar-refractivity contribution in [1.82, 2.24) is 4.90 Å². The van der Waals surface area contributed by atoms with Gasteiger partial charge in [0.05, 0.1) is 10.6 Å². The van der Waals surface area contributed by atoms with Gasteiger partial charge in [-0.1, -0.05) is 17.7 Å². The van der Waals surface area contributed by atoms with E-state index in [2.05, 4.69) is 0 Å². The maximum absolute atomic E-state index is 13.4. The van der Waals surface area contributed by atoms with Crippen molar-refractivity contribution in [2.75, 3.05) is 23.9 Å². The van der Waals surface area contributed by atoms with Gasteiger partial charge in [-0.25, -0.2) is 12.8 Å². The highest BCUT2D eigenvalue weighted by Crippen LogP contribution is 2.25. The summed E-state index contributed by atoms with van der Waals surface area (Å²) < 4.78 is 41.0. The average Bonchev–Trinajstić information content (AvgIpc) is 2.73. The van der Waals surface area contributed by atoms with Crippen LogP contribution in [-0.4, -0.2) is 44.8 Å². The molecule has 2 N–H and O–H groups in total. The molecule has 0 unspecified atom stereocenters. The van der Waals surface area contributed by atoms with Crippen molar-refractivity contribution in [1.29, 1.82) is 0 Å². The number of hydrogen-bond donors (Lipinski definition) is 1. The van der Waals surface area contributed by atoms with Crippen molar-refractivity contribution in [2.45, 2.75) is 24.7 Å². The Morgan fingerprint density at radius 1 is 1.07 bits per heavy atom. The van der Waals surface area contributed by atoms with Crippen LogP contribution in [0.3, 0.4) is 0 Å². The molecule has 1 heterocycles. The summed E-state index contributed by atoms with van der Waals surface area (Å²) in [6, 6.07) is 11.2. The Morgan fingerprint density at radius 2 is 1.63 bits per heavy atom. The van der Waals surface area contributed by atoms with Gasteiger partial charge in [-0.05, 0) is 56.2 Å². The molecule has 30 heavy (non-hydrogen) atoms. The highest BCUT2D eigenvalue weighted by Gasteiger charge is 2.31.